The van der Waals surface area contributed by atoms with Crippen LogP contribution in [0.1, 0.15) is 49.9 Å². The van der Waals surface area contributed by atoms with E-state index in [4.69, 9.17) is 0 Å². The van der Waals surface area contributed by atoms with Crippen molar-refractivity contribution in [3.8, 4) is 66.8 Å². The van der Waals surface area contributed by atoms with Crippen molar-refractivity contribution in [2.75, 3.05) is 4.90 Å². The first-order chi connectivity index (χ1) is 29.8. The van der Waals surface area contributed by atoms with Crippen LogP contribution >= 0.6 is 0 Å². The maximum atomic E-state index is 2.41. The summed E-state index contributed by atoms with van der Waals surface area (Å²) >= 11 is 0. The van der Waals surface area contributed by atoms with Crippen molar-refractivity contribution in [1.82, 2.24) is 0 Å². The Bertz CT molecular complexity index is 3080. The Morgan fingerprint density at radius 1 is 0.262 bits per heavy atom. The highest BCUT2D eigenvalue weighted by Gasteiger charge is 2.37. The van der Waals surface area contributed by atoms with Crippen molar-refractivity contribution < 1.29 is 0 Å². The number of benzene rings is 9. The van der Waals surface area contributed by atoms with E-state index in [1.807, 2.05) is 0 Å². The van der Waals surface area contributed by atoms with Crippen LogP contribution in [0, 0.1) is 0 Å². The van der Waals surface area contributed by atoms with Gasteiger partial charge in [-0.1, -0.05) is 198 Å². The molecule has 0 saturated heterocycles. The van der Waals surface area contributed by atoms with Crippen molar-refractivity contribution >= 4 is 17.1 Å². The van der Waals surface area contributed by atoms with Gasteiger partial charge < -0.3 is 4.90 Å². The number of rotatable bonds is 7. The highest BCUT2D eigenvalue weighted by molar-refractivity contribution is 5.89. The molecule has 2 aliphatic carbocycles. The largest absolute Gasteiger partial charge is 0.311 e. The first kappa shape index (κ1) is 36.8. The molecule has 2 aliphatic rings. The molecule has 0 atom stereocenters. The normalized spacial score (nSPS) is 13.8. The summed E-state index contributed by atoms with van der Waals surface area (Å²) in [5.41, 5.74) is 24.0. The van der Waals surface area contributed by atoms with Gasteiger partial charge >= 0.3 is 0 Å². The van der Waals surface area contributed by atoms with Gasteiger partial charge in [-0.2, -0.15) is 0 Å². The first-order valence-electron chi connectivity index (χ1n) is 21.5. The smallest absolute Gasteiger partial charge is 0.0462 e. The second-order valence-electron chi connectivity index (χ2n) is 17.7. The van der Waals surface area contributed by atoms with E-state index in [2.05, 4.69) is 245 Å². The molecule has 1 nitrogen and oxygen atoms in total. The lowest BCUT2D eigenvalue weighted by Crippen LogP contribution is -2.16. The molecule has 0 saturated carbocycles. The molecule has 0 bridgehead atoms. The molecule has 0 fully saturated rings. The van der Waals surface area contributed by atoms with Crippen molar-refractivity contribution in [2.45, 2.75) is 38.5 Å². The number of hydrogen-bond acceptors (Lipinski definition) is 1. The summed E-state index contributed by atoms with van der Waals surface area (Å²) in [4.78, 5) is 2.38. The van der Waals surface area contributed by atoms with E-state index in [0.717, 1.165) is 17.1 Å². The van der Waals surface area contributed by atoms with E-state index < -0.39 is 0 Å². The van der Waals surface area contributed by atoms with E-state index in [0.29, 0.717) is 0 Å². The van der Waals surface area contributed by atoms with E-state index >= 15 is 0 Å². The maximum Gasteiger partial charge on any atom is 0.0462 e. The Hall–Kier alpha value is -7.22. The van der Waals surface area contributed by atoms with Gasteiger partial charge in [-0.3, -0.25) is 0 Å². The zero-order valence-electron chi connectivity index (χ0n) is 35.2. The summed E-state index contributed by atoms with van der Waals surface area (Å²) < 4.78 is 0. The van der Waals surface area contributed by atoms with Crippen LogP contribution in [0.5, 0.6) is 0 Å². The molecule has 292 valence electrons. The molecule has 0 heterocycles. The zero-order chi connectivity index (χ0) is 41.3. The lowest BCUT2D eigenvalue weighted by atomic mass is 9.79. The van der Waals surface area contributed by atoms with E-state index in [9.17, 15) is 0 Å². The number of nitrogens with zero attached hydrogens (tertiary/aromatic N) is 1. The molecular formula is C60H47N. The highest BCUT2D eigenvalue weighted by atomic mass is 15.1. The van der Waals surface area contributed by atoms with Crippen LogP contribution in [0.15, 0.2) is 212 Å². The minimum atomic E-state index is -0.0862. The fraction of sp³-hybridized carbons (Fsp3) is 0.100. The molecule has 0 spiro atoms. The van der Waals surface area contributed by atoms with Gasteiger partial charge in [-0.05, 0) is 131 Å². The lowest BCUT2D eigenvalue weighted by molar-refractivity contribution is 0.660. The van der Waals surface area contributed by atoms with Crippen LogP contribution in [-0.2, 0) is 10.8 Å². The average molecular weight is 782 g/mol. The second-order valence-corrected chi connectivity index (χ2v) is 17.7. The Balaban J connectivity index is 0.954. The predicted octanol–water partition coefficient (Wildman–Crippen LogP) is 16.4. The standard InChI is InChI=1S/C60H47N/c1-59(2)55-19-10-8-15-51(55)53-38-31-46(39-57(53)59)44-27-34-48(35-28-44)61(47-32-25-43(26-33-47)42-23-21-41(22-24-42)40-13-6-5-7-14-40)49-36-29-45(30-37-49)50-17-12-18-54-52-16-9-11-20-56(52)60(3,4)58(50)54/h5-39H,1-4H3. The zero-order valence-corrected chi connectivity index (χ0v) is 35.2. The fourth-order valence-electron chi connectivity index (χ4n) is 10.3. The van der Waals surface area contributed by atoms with Crippen LogP contribution in [0.2, 0.25) is 0 Å². The minimum Gasteiger partial charge on any atom is -0.311 e. The molecule has 0 aliphatic heterocycles. The summed E-state index contributed by atoms with van der Waals surface area (Å²) in [6.45, 7) is 9.43. The number of hydrogen-bond donors (Lipinski definition) is 0. The summed E-state index contributed by atoms with van der Waals surface area (Å²) in [5, 5.41) is 0. The van der Waals surface area contributed by atoms with Gasteiger partial charge in [0.2, 0.25) is 0 Å². The number of anilines is 3. The third-order valence-electron chi connectivity index (χ3n) is 13.5. The van der Waals surface area contributed by atoms with E-state index in [1.54, 1.807) is 0 Å². The molecule has 0 unspecified atom stereocenters. The molecule has 9 aromatic carbocycles. The molecule has 0 N–H and O–H groups in total. The van der Waals surface area contributed by atoms with Crippen LogP contribution in [0.25, 0.3) is 66.8 Å². The predicted molar refractivity (Wildman–Crippen MR) is 258 cm³/mol. The van der Waals surface area contributed by atoms with E-state index in [-0.39, 0.29) is 10.8 Å². The first-order valence-corrected chi connectivity index (χ1v) is 21.5. The molecule has 9 aromatic rings. The Morgan fingerprint density at radius 3 is 1.21 bits per heavy atom. The lowest BCUT2D eigenvalue weighted by Gasteiger charge is -2.27. The molecule has 0 amide bonds. The van der Waals surface area contributed by atoms with Gasteiger partial charge in [0.25, 0.3) is 0 Å². The summed E-state index contributed by atoms with van der Waals surface area (Å²) in [6.07, 6.45) is 0. The van der Waals surface area contributed by atoms with Crippen molar-refractivity contribution in [3.05, 3.63) is 235 Å². The van der Waals surface area contributed by atoms with Crippen LogP contribution in [-0.4, -0.2) is 0 Å². The van der Waals surface area contributed by atoms with Gasteiger partial charge in [-0.25, -0.2) is 0 Å². The summed E-state index contributed by atoms with van der Waals surface area (Å²) in [6, 6.07) is 78.3. The minimum absolute atomic E-state index is 0.0412. The monoisotopic (exact) mass is 781 g/mol. The van der Waals surface area contributed by atoms with Gasteiger partial charge in [0.05, 0.1) is 0 Å². The van der Waals surface area contributed by atoms with Crippen molar-refractivity contribution in [1.29, 1.82) is 0 Å². The molecule has 61 heavy (non-hydrogen) atoms. The SMILES string of the molecule is CC1(C)c2ccccc2-c2ccc(-c3ccc(N(c4ccc(-c5ccc(-c6ccccc6)cc5)cc4)c4ccc(-c5cccc6c5C(C)(C)c5ccccc5-6)cc4)cc3)cc21. The van der Waals surface area contributed by atoms with Gasteiger partial charge in [0, 0.05) is 27.9 Å². The second kappa shape index (κ2) is 14.2. The van der Waals surface area contributed by atoms with Crippen molar-refractivity contribution in [2.24, 2.45) is 0 Å². The molecule has 0 aromatic heterocycles. The maximum absolute atomic E-state index is 2.41. The summed E-state index contributed by atoms with van der Waals surface area (Å²) in [5.74, 6) is 0. The average Bonchev–Trinajstić information content (AvgIpc) is 3.69. The quantitative estimate of drug-likeness (QED) is 0.156. The van der Waals surface area contributed by atoms with Crippen LogP contribution in [0.3, 0.4) is 0 Å². The van der Waals surface area contributed by atoms with Gasteiger partial charge in [0.15, 0.2) is 0 Å². The molecule has 1 heteroatoms. The summed E-state index contributed by atoms with van der Waals surface area (Å²) in [7, 11) is 0. The van der Waals surface area contributed by atoms with Crippen LogP contribution < -0.4 is 4.90 Å². The number of fused-ring (bicyclic) bond motifs is 6. The molecule has 11 rings (SSSR count). The third kappa shape index (κ3) is 6.07. The highest BCUT2D eigenvalue weighted by Crippen LogP contribution is 2.53. The van der Waals surface area contributed by atoms with Gasteiger partial charge in [0.1, 0.15) is 0 Å². The third-order valence-corrected chi connectivity index (χ3v) is 13.5. The van der Waals surface area contributed by atoms with Crippen molar-refractivity contribution in [3.63, 3.8) is 0 Å². The van der Waals surface area contributed by atoms with Crippen LogP contribution in [0.4, 0.5) is 17.1 Å². The molecule has 0 radical (unpaired) electrons. The topological polar surface area (TPSA) is 3.24 Å². The fourth-order valence-corrected chi connectivity index (χ4v) is 10.3. The van der Waals surface area contributed by atoms with Gasteiger partial charge in [-0.15, -0.1) is 0 Å². The molecular weight excluding hydrogens is 735 g/mol. The van der Waals surface area contributed by atoms with E-state index in [1.165, 1.54) is 89.0 Å². The Morgan fingerprint density at radius 2 is 0.639 bits per heavy atom. The Kier molecular flexibility index (Phi) is 8.58. The Labute approximate surface area is 360 Å².